The summed E-state index contributed by atoms with van der Waals surface area (Å²) in [7, 11) is 0. The molecule has 0 bridgehead atoms. The van der Waals surface area contributed by atoms with Gasteiger partial charge in [-0.05, 0) is 26.0 Å². The molecule has 0 fully saturated rings. The number of rotatable bonds is 4. The van der Waals surface area contributed by atoms with Crippen LogP contribution < -0.4 is 0 Å². The highest BCUT2D eigenvalue weighted by atomic mass is 35.5. The van der Waals surface area contributed by atoms with Gasteiger partial charge in [-0.15, -0.1) is 0 Å². The molecule has 0 aliphatic heterocycles. The molecule has 0 N–H and O–H groups in total. The van der Waals surface area contributed by atoms with Gasteiger partial charge in [-0.25, -0.2) is 4.79 Å². The molecule has 0 saturated carbocycles. The number of aromatic nitrogens is 1. The van der Waals surface area contributed by atoms with Crippen molar-refractivity contribution < 1.29 is 18.8 Å². The highest BCUT2D eigenvalue weighted by Gasteiger charge is 2.27. The Balaban J connectivity index is 2.44. The zero-order valence-corrected chi connectivity index (χ0v) is 11.7. The Kier molecular flexibility index (Phi) is 4.20. The zero-order chi connectivity index (χ0) is 14.7. The standard InChI is InChI=1S/C14H12ClNO4/c1-3-19-14(18)12-11(8(2)20-16-12)13(17)9-5-4-6-10(15)7-9/h4-7H,3H2,1-2H3. The van der Waals surface area contributed by atoms with Crippen molar-refractivity contribution in [2.24, 2.45) is 0 Å². The van der Waals surface area contributed by atoms with Crippen molar-refractivity contribution in [1.82, 2.24) is 5.16 Å². The van der Waals surface area contributed by atoms with E-state index in [1.165, 1.54) is 6.07 Å². The first kappa shape index (κ1) is 14.3. The van der Waals surface area contributed by atoms with Crippen LogP contribution in [0, 0.1) is 6.92 Å². The Morgan fingerprint density at radius 3 is 2.80 bits per heavy atom. The van der Waals surface area contributed by atoms with E-state index in [1.807, 2.05) is 0 Å². The number of aryl methyl sites for hydroxylation is 1. The summed E-state index contributed by atoms with van der Waals surface area (Å²) in [4.78, 5) is 24.2. The molecule has 2 aromatic rings. The SMILES string of the molecule is CCOC(=O)c1noc(C)c1C(=O)c1cccc(Cl)c1. The van der Waals surface area contributed by atoms with Crippen LogP contribution in [0.1, 0.15) is 39.1 Å². The Bertz CT molecular complexity index is 663. The van der Waals surface area contributed by atoms with Gasteiger partial charge in [-0.2, -0.15) is 0 Å². The summed E-state index contributed by atoms with van der Waals surface area (Å²) in [5.41, 5.74) is 0.342. The summed E-state index contributed by atoms with van der Waals surface area (Å²) >= 11 is 5.86. The molecule has 6 heteroatoms. The molecule has 0 aliphatic rings. The average molecular weight is 294 g/mol. The van der Waals surface area contributed by atoms with Crippen LogP contribution >= 0.6 is 11.6 Å². The summed E-state index contributed by atoms with van der Waals surface area (Å²) < 4.78 is 9.78. The van der Waals surface area contributed by atoms with Crippen LogP contribution in [-0.4, -0.2) is 23.5 Å². The van der Waals surface area contributed by atoms with Crippen molar-refractivity contribution in [3.63, 3.8) is 0 Å². The van der Waals surface area contributed by atoms with Crippen LogP contribution in [0.2, 0.25) is 5.02 Å². The van der Waals surface area contributed by atoms with E-state index in [0.717, 1.165) is 0 Å². The first-order chi connectivity index (χ1) is 9.54. The third kappa shape index (κ3) is 2.72. The number of carbonyl (C=O) groups is 2. The maximum absolute atomic E-state index is 12.4. The average Bonchev–Trinajstić information content (AvgIpc) is 2.80. The highest BCUT2D eigenvalue weighted by molar-refractivity contribution is 6.31. The van der Waals surface area contributed by atoms with Crippen LogP contribution in [0.4, 0.5) is 0 Å². The topological polar surface area (TPSA) is 69.4 Å². The van der Waals surface area contributed by atoms with Gasteiger partial charge in [-0.1, -0.05) is 28.9 Å². The van der Waals surface area contributed by atoms with E-state index in [1.54, 1.807) is 32.0 Å². The fourth-order valence-corrected chi connectivity index (χ4v) is 1.94. The Morgan fingerprint density at radius 1 is 1.40 bits per heavy atom. The molecule has 0 aliphatic carbocycles. The smallest absolute Gasteiger partial charge is 0.361 e. The molecule has 20 heavy (non-hydrogen) atoms. The number of halogens is 1. The summed E-state index contributed by atoms with van der Waals surface area (Å²) in [5, 5.41) is 4.03. The van der Waals surface area contributed by atoms with Gasteiger partial charge < -0.3 is 9.26 Å². The van der Waals surface area contributed by atoms with Gasteiger partial charge in [0.2, 0.25) is 5.69 Å². The van der Waals surface area contributed by atoms with E-state index >= 15 is 0 Å². The van der Waals surface area contributed by atoms with Crippen LogP contribution in [0.3, 0.4) is 0 Å². The number of ether oxygens (including phenoxy) is 1. The number of hydrogen-bond donors (Lipinski definition) is 0. The van der Waals surface area contributed by atoms with Crippen LogP contribution in [0.25, 0.3) is 0 Å². The molecule has 1 aromatic carbocycles. The third-order valence-electron chi connectivity index (χ3n) is 2.65. The van der Waals surface area contributed by atoms with E-state index in [0.29, 0.717) is 10.6 Å². The lowest BCUT2D eigenvalue weighted by molar-refractivity contribution is 0.0512. The number of ketones is 1. The van der Waals surface area contributed by atoms with Crippen LogP contribution in [0.5, 0.6) is 0 Å². The molecule has 0 spiro atoms. The quantitative estimate of drug-likeness (QED) is 0.640. The van der Waals surface area contributed by atoms with Crippen molar-refractivity contribution >= 4 is 23.4 Å². The van der Waals surface area contributed by atoms with Crippen molar-refractivity contribution in [3.8, 4) is 0 Å². The van der Waals surface area contributed by atoms with E-state index in [9.17, 15) is 9.59 Å². The minimum Gasteiger partial charge on any atom is -0.461 e. The monoisotopic (exact) mass is 293 g/mol. The van der Waals surface area contributed by atoms with Gasteiger partial charge in [-0.3, -0.25) is 4.79 Å². The molecule has 0 saturated heterocycles. The molecule has 0 atom stereocenters. The van der Waals surface area contributed by atoms with Crippen molar-refractivity contribution in [2.45, 2.75) is 13.8 Å². The first-order valence-corrected chi connectivity index (χ1v) is 6.36. The van der Waals surface area contributed by atoms with Crippen molar-refractivity contribution in [1.29, 1.82) is 0 Å². The van der Waals surface area contributed by atoms with Gasteiger partial charge in [0.05, 0.1) is 12.2 Å². The van der Waals surface area contributed by atoms with Crippen molar-refractivity contribution in [3.05, 3.63) is 51.9 Å². The molecular weight excluding hydrogens is 282 g/mol. The lowest BCUT2D eigenvalue weighted by Gasteiger charge is -2.02. The number of hydrogen-bond acceptors (Lipinski definition) is 5. The van der Waals surface area contributed by atoms with E-state index in [4.69, 9.17) is 20.9 Å². The molecule has 2 rings (SSSR count). The van der Waals surface area contributed by atoms with E-state index in [-0.39, 0.29) is 29.4 Å². The minimum atomic E-state index is -0.685. The second kappa shape index (κ2) is 5.88. The van der Waals surface area contributed by atoms with Gasteiger partial charge in [0, 0.05) is 10.6 Å². The lowest BCUT2D eigenvalue weighted by Crippen LogP contribution is -2.12. The van der Waals surface area contributed by atoms with Crippen LogP contribution in [-0.2, 0) is 4.74 Å². The summed E-state index contributed by atoms with van der Waals surface area (Å²) in [6, 6.07) is 6.44. The Morgan fingerprint density at radius 2 is 2.15 bits per heavy atom. The van der Waals surface area contributed by atoms with Gasteiger partial charge in [0.25, 0.3) is 0 Å². The predicted molar refractivity (Wildman–Crippen MR) is 72.1 cm³/mol. The zero-order valence-electron chi connectivity index (χ0n) is 11.0. The fourth-order valence-electron chi connectivity index (χ4n) is 1.75. The Labute approximate surface area is 120 Å². The Hall–Kier alpha value is -2.14. The molecule has 1 aromatic heterocycles. The lowest BCUT2D eigenvalue weighted by atomic mass is 10.0. The summed E-state index contributed by atoms with van der Waals surface area (Å²) in [5.74, 6) is -0.804. The molecule has 0 radical (unpaired) electrons. The second-order valence-electron chi connectivity index (χ2n) is 4.02. The summed E-state index contributed by atoms with van der Waals surface area (Å²) in [6.45, 7) is 3.42. The van der Waals surface area contributed by atoms with E-state index in [2.05, 4.69) is 5.16 Å². The fraction of sp³-hybridized carbons (Fsp3) is 0.214. The third-order valence-corrected chi connectivity index (χ3v) is 2.88. The molecule has 1 heterocycles. The normalized spacial score (nSPS) is 10.3. The minimum absolute atomic E-state index is 0.103. The van der Waals surface area contributed by atoms with Crippen molar-refractivity contribution in [2.75, 3.05) is 6.61 Å². The van der Waals surface area contributed by atoms with E-state index < -0.39 is 5.97 Å². The van der Waals surface area contributed by atoms with Crippen LogP contribution in [0.15, 0.2) is 28.8 Å². The molecule has 0 unspecified atom stereocenters. The summed E-state index contributed by atoms with van der Waals surface area (Å²) in [6.07, 6.45) is 0. The predicted octanol–water partition coefficient (Wildman–Crippen LogP) is 3.04. The highest BCUT2D eigenvalue weighted by Crippen LogP contribution is 2.21. The number of nitrogens with zero attached hydrogens (tertiary/aromatic N) is 1. The maximum atomic E-state index is 12.4. The number of benzene rings is 1. The second-order valence-corrected chi connectivity index (χ2v) is 4.46. The maximum Gasteiger partial charge on any atom is 0.361 e. The molecule has 0 amide bonds. The first-order valence-electron chi connectivity index (χ1n) is 5.98. The van der Waals surface area contributed by atoms with Gasteiger partial charge >= 0.3 is 5.97 Å². The van der Waals surface area contributed by atoms with Gasteiger partial charge in [0.1, 0.15) is 5.76 Å². The van der Waals surface area contributed by atoms with Gasteiger partial charge in [0.15, 0.2) is 5.78 Å². The number of carbonyl (C=O) groups excluding carboxylic acids is 2. The number of esters is 1. The molecular formula is C14H12ClNO4. The molecule has 5 nitrogen and oxygen atoms in total. The largest absolute Gasteiger partial charge is 0.461 e. The molecule has 104 valence electrons.